The Labute approximate surface area is 124 Å². The Morgan fingerprint density at radius 3 is 2.95 bits per heavy atom. The monoisotopic (exact) mass is 294 g/mol. The number of nitrogens with zero attached hydrogens (tertiary/aromatic N) is 1. The fraction of sp³-hybridized carbons (Fsp3) is 0.533. The summed E-state index contributed by atoms with van der Waals surface area (Å²) in [7, 11) is 0. The summed E-state index contributed by atoms with van der Waals surface area (Å²) in [6.45, 7) is 5.01. The van der Waals surface area contributed by atoms with Gasteiger partial charge in [0.05, 0.1) is 13.2 Å². The standard InChI is InChI=1S/C15H19ClN2O2/c16-13-7-11-1-6-20-15(11)12(8-13)9-14(19)10-18-4-2-17-3-5-18/h7-8,17H,1-6,9-10H2. The number of carbonyl (C=O) groups is 1. The molecule has 0 radical (unpaired) electrons. The Morgan fingerprint density at radius 1 is 1.35 bits per heavy atom. The smallest absolute Gasteiger partial charge is 0.151 e. The van der Waals surface area contributed by atoms with Gasteiger partial charge >= 0.3 is 0 Å². The number of nitrogens with one attached hydrogen (secondary N) is 1. The third-order valence-electron chi connectivity index (χ3n) is 3.82. The second kappa shape index (κ2) is 6.12. The minimum absolute atomic E-state index is 0.229. The Hall–Kier alpha value is -1.10. The predicted octanol–water partition coefficient (Wildman–Crippen LogP) is 1.29. The molecule has 2 aliphatic heterocycles. The molecule has 1 aromatic rings. The zero-order valence-electron chi connectivity index (χ0n) is 11.5. The van der Waals surface area contributed by atoms with Crippen LogP contribution in [-0.2, 0) is 17.6 Å². The first-order chi connectivity index (χ1) is 9.72. The topological polar surface area (TPSA) is 41.6 Å². The van der Waals surface area contributed by atoms with Crippen LogP contribution < -0.4 is 10.1 Å². The first-order valence-corrected chi connectivity index (χ1v) is 7.49. The number of hydrogen-bond donors (Lipinski definition) is 1. The number of benzene rings is 1. The average Bonchev–Trinajstić information content (AvgIpc) is 2.88. The van der Waals surface area contributed by atoms with Gasteiger partial charge in [0, 0.05) is 49.6 Å². The van der Waals surface area contributed by atoms with Gasteiger partial charge in [0.1, 0.15) is 5.75 Å². The molecule has 0 atom stereocenters. The van der Waals surface area contributed by atoms with Gasteiger partial charge in [0.25, 0.3) is 0 Å². The summed E-state index contributed by atoms with van der Waals surface area (Å²) >= 11 is 6.12. The van der Waals surface area contributed by atoms with Crippen LogP contribution in [0.25, 0.3) is 0 Å². The molecule has 0 bridgehead atoms. The molecular weight excluding hydrogens is 276 g/mol. The number of ketones is 1. The normalized spacial score (nSPS) is 18.6. The molecule has 1 N–H and O–H groups in total. The van der Waals surface area contributed by atoms with Gasteiger partial charge in [-0.25, -0.2) is 0 Å². The molecule has 0 unspecified atom stereocenters. The molecule has 1 saturated heterocycles. The molecule has 0 aromatic heterocycles. The van der Waals surface area contributed by atoms with Gasteiger partial charge in [0.2, 0.25) is 0 Å². The van der Waals surface area contributed by atoms with Gasteiger partial charge in [-0.15, -0.1) is 0 Å². The molecular formula is C15H19ClN2O2. The van der Waals surface area contributed by atoms with E-state index in [1.165, 1.54) is 0 Å². The van der Waals surface area contributed by atoms with Gasteiger partial charge < -0.3 is 10.1 Å². The van der Waals surface area contributed by atoms with Gasteiger partial charge in [-0.2, -0.15) is 0 Å². The minimum atomic E-state index is 0.229. The number of Topliss-reactive ketones (excluding diaryl/α,β-unsaturated/α-hetero) is 1. The lowest BCUT2D eigenvalue weighted by Gasteiger charge is -2.26. The van der Waals surface area contributed by atoms with Crippen LogP contribution in [0.4, 0.5) is 0 Å². The highest BCUT2D eigenvalue weighted by Crippen LogP contribution is 2.33. The quantitative estimate of drug-likeness (QED) is 0.909. The second-order valence-electron chi connectivity index (χ2n) is 5.39. The molecule has 1 aromatic carbocycles. The fourth-order valence-electron chi connectivity index (χ4n) is 2.86. The largest absolute Gasteiger partial charge is 0.493 e. The van der Waals surface area contributed by atoms with Crippen LogP contribution in [0, 0.1) is 0 Å². The lowest BCUT2D eigenvalue weighted by atomic mass is 10.0. The zero-order chi connectivity index (χ0) is 13.9. The van der Waals surface area contributed by atoms with E-state index >= 15 is 0 Å². The maximum Gasteiger partial charge on any atom is 0.151 e. The minimum Gasteiger partial charge on any atom is -0.493 e. The lowest BCUT2D eigenvalue weighted by molar-refractivity contribution is -0.119. The van der Waals surface area contributed by atoms with Gasteiger partial charge in [-0.1, -0.05) is 11.6 Å². The van der Waals surface area contributed by atoms with Gasteiger partial charge in [-0.3, -0.25) is 9.69 Å². The SMILES string of the molecule is O=C(Cc1cc(Cl)cc2c1OCC2)CN1CCNCC1. The number of rotatable bonds is 4. The van der Waals surface area contributed by atoms with Crippen molar-refractivity contribution in [3.8, 4) is 5.75 Å². The average molecular weight is 295 g/mol. The molecule has 1 fully saturated rings. The van der Waals surface area contributed by atoms with Crippen molar-refractivity contribution in [2.24, 2.45) is 0 Å². The highest BCUT2D eigenvalue weighted by molar-refractivity contribution is 6.30. The van der Waals surface area contributed by atoms with Crippen molar-refractivity contribution in [1.82, 2.24) is 10.2 Å². The van der Waals surface area contributed by atoms with E-state index in [1.807, 2.05) is 12.1 Å². The molecule has 4 nitrogen and oxygen atoms in total. The molecule has 2 heterocycles. The van der Waals surface area contributed by atoms with Crippen molar-refractivity contribution < 1.29 is 9.53 Å². The van der Waals surface area contributed by atoms with E-state index in [2.05, 4.69) is 10.2 Å². The summed E-state index contributed by atoms with van der Waals surface area (Å²) in [6, 6.07) is 3.80. The zero-order valence-corrected chi connectivity index (χ0v) is 12.2. The van der Waals surface area contributed by atoms with Crippen LogP contribution in [0.1, 0.15) is 11.1 Å². The van der Waals surface area contributed by atoms with E-state index in [-0.39, 0.29) is 5.78 Å². The van der Waals surface area contributed by atoms with Crippen molar-refractivity contribution in [1.29, 1.82) is 0 Å². The third-order valence-corrected chi connectivity index (χ3v) is 4.04. The maximum absolute atomic E-state index is 12.2. The molecule has 108 valence electrons. The van der Waals surface area contributed by atoms with Crippen molar-refractivity contribution in [2.75, 3.05) is 39.3 Å². The number of ether oxygens (including phenoxy) is 1. The lowest BCUT2D eigenvalue weighted by Crippen LogP contribution is -2.45. The summed E-state index contributed by atoms with van der Waals surface area (Å²) < 4.78 is 5.64. The number of carbonyl (C=O) groups excluding carboxylic acids is 1. The van der Waals surface area contributed by atoms with Gasteiger partial charge in [-0.05, 0) is 17.7 Å². The third kappa shape index (κ3) is 3.14. The van der Waals surface area contributed by atoms with Crippen molar-refractivity contribution in [3.05, 3.63) is 28.3 Å². The van der Waals surface area contributed by atoms with Crippen LogP contribution in [-0.4, -0.2) is 50.0 Å². The number of piperazine rings is 1. The first-order valence-electron chi connectivity index (χ1n) is 7.11. The Morgan fingerprint density at radius 2 is 2.15 bits per heavy atom. The first kappa shape index (κ1) is 13.9. The summed E-state index contributed by atoms with van der Waals surface area (Å²) in [5.41, 5.74) is 2.06. The Kier molecular flexibility index (Phi) is 4.24. The highest BCUT2D eigenvalue weighted by Gasteiger charge is 2.20. The van der Waals surface area contributed by atoms with Crippen LogP contribution in [0.3, 0.4) is 0 Å². The molecule has 2 aliphatic rings. The maximum atomic E-state index is 12.2. The van der Waals surface area contributed by atoms with Crippen molar-refractivity contribution >= 4 is 17.4 Å². The molecule has 20 heavy (non-hydrogen) atoms. The van der Waals surface area contributed by atoms with E-state index in [0.29, 0.717) is 24.6 Å². The van der Waals surface area contributed by atoms with Crippen molar-refractivity contribution in [3.63, 3.8) is 0 Å². The molecule has 5 heteroatoms. The van der Waals surface area contributed by atoms with Gasteiger partial charge in [0.15, 0.2) is 5.78 Å². The van der Waals surface area contributed by atoms with E-state index in [0.717, 1.165) is 49.5 Å². The summed E-state index contributed by atoms with van der Waals surface area (Å²) in [5, 5.41) is 3.98. The number of fused-ring (bicyclic) bond motifs is 1. The Bertz CT molecular complexity index is 513. The number of hydrogen-bond acceptors (Lipinski definition) is 4. The summed E-state index contributed by atoms with van der Waals surface area (Å²) in [5.74, 6) is 1.11. The predicted molar refractivity (Wildman–Crippen MR) is 78.7 cm³/mol. The van der Waals surface area contributed by atoms with Crippen LogP contribution in [0.5, 0.6) is 5.75 Å². The molecule has 0 aliphatic carbocycles. The molecule has 3 rings (SSSR count). The van der Waals surface area contributed by atoms with E-state index in [4.69, 9.17) is 16.3 Å². The fourth-order valence-corrected chi connectivity index (χ4v) is 3.13. The van der Waals surface area contributed by atoms with E-state index < -0.39 is 0 Å². The molecule has 0 saturated carbocycles. The Balaban J connectivity index is 1.66. The van der Waals surface area contributed by atoms with Crippen LogP contribution in [0.2, 0.25) is 5.02 Å². The highest BCUT2D eigenvalue weighted by atomic mass is 35.5. The summed E-state index contributed by atoms with van der Waals surface area (Å²) in [6.07, 6.45) is 1.29. The van der Waals surface area contributed by atoms with E-state index in [1.54, 1.807) is 0 Å². The number of halogens is 1. The molecule has 0 amide bonds. The molecule has 0 spiro atoms. The second-order valence-corrected chi connectivity index (χ2v) is 5.83. The van der Waals surface area contributed by atoms with Crippen LogP contribution in [0.15, 0.2) is 12.1 Å². The van der Waals surface area contributed by atoms with E-state index in [9.17, 15) is 4.79 Å². The summed E-state index contributed by atoms with van der Waals surface area (Å²) in [4.78, 5) is 14.4. The van der Waals surface area contributed by atoms with Crippen molar-refractivity contribution in [2.45, 2.75) is 12.8 Å². The van der Waals surface area contributed by atoms with Crippen LogP contribution >= 0.6 is 11.6 Å².